The van der Waals surface area contributed by atoms with Gasteiger partial charge in [-0.25, -0.2) is 9.37 Å². The van der Waals surface area contributed by atoms with Crippen molar-refractivity contribution < 1.29 is 27.5 Å². The normalized spacial score (nSPS) is 10.7. The standard InChI is InChI=1S/C19H15F3N4O3S/c1-9-6-13(20)12(7-14(9)26-17(28)15-8-24-19(23)30-15)16(27)25-10-2-4-11(5-3-10)29-18(21)22/h2-8,18H,1H3,(H2,23,24)(H,25,27)(H,26,28). The summed E-state index contributed by atoms with van der Waals surface area (Å²) in [6, 6.07) is 7.46. The number of nitrogen functional groups attached to an aromatic ring is 1. The fraction of sp³-hybridized carbons (Fsp3) is 0.105. The highest BCUT2D eigenvalue weighted by atomic mass is 32.1. The van der Waals surface area contributed by atoms with Crippen LogP contribution in [0.1, 0.15) is 25.6 Å². The Hall–Kier alpha value is -3.60. The Morgan fingerprint density at radius 1 is 1.13 bits per heavy atom. The fourth-order valence-electron chi connectivity index (χ4n) is 2.48. The molecule has 0 radical (unpaired) electrons. The molecule has 0 saturated heterocycles. The zero-order valence-electron chi connectivity index (χ0n) is 15.4. The number of rotatable bonds is 6. The molecule has 0 spiro atoms. The van der Waals surface area contributed by atoms with Crippen molar-refractivity contribution in [1.29, 1.82) is 0 Å². The van der Waals surface area contributed by atoms with Crippen molar-refractivity contribution in [2.24, 2.45) is 0 Å². The zero-order valence-corrected chi connectivity index (χ0v) is 16.2. The van der Waals surface area contributed by atoms with Gasteiger partial charge in [0.05, 0.1) is 11.8 Å². The molecule has 0 aliphatic heterocycles. The predicted octanol–water partition coefficient (Wildman–Crippen LogP) is 4.28. The highest BCUT2D eigenvalue weighted by Gasteiger charge is 2.18. The summed E-state index contributed by atoms with van der Waals surface area (Å²) < 4.78 is 43.0. The minimum Gasteiger partial charge on any atom is -0.435 e. The molecule has 2 amide bonds. The van der Waals surface area contributed by atoms with Crippen LogP contribution in [0.3, 0.4) is 0 Å². The maximum Gasteiger partial charge on any atom is 0.387 e. The van der Waals surface area contributed by atoms with Crippen molar-refractivity contribution in [3.63, 3.8) is 0 Å². The van der Waals surface area contributed by atoms with Crippen LogP contribution in [0.5, 0.6) is 5.75 Å². The van der Waals surface area contributed by atoms with Gasteiger partial charge in [0.1, 0.15) is 16.4 Å². The van der Waals surface area contributed by atoms with Gasteiger partial charge < -0.3 is 21.1 Å². The molecule has 0 fully saturated rings. The Kier molecular flexibility index (Phi) is 6.21. The number of carbonyl (C=O) groups is 2. The van der Waals surface area contributed by atoms with E-state index in [1.165, 1.54) is 36.5 Å². The molecule has 0 unspecified atom stereocenters. The molecule has 3 aromatic rings. The molecule has 11 heteroatoms. The lowest BCUT2D eigenvalue weighted by atomic mass is 10.1. The van der Waals surface area contributed by atoms with Crippen molar-refractivity contribution in [1.82, 2.24) is 4.98 Å². The minimum atomic E-state index is -2.97. The number of anilines is 3. The molecule has 0 saturated carbocycles. The number of nitrogens with one attached hydrogen (secondary N) is 2. The summed E-state index contributed by atoms with van der Waals surface area (Å²) in [6.07, 6.45) is 1.31. The van der Waals surface area contributed by atoms with E-state index < -0.39 is 24.2 Å². The topological polar surface area (TPSA) is 106 Å². The van der Waals surface area contributed by atoms with Gasteiger partial charge in [0, 0.05) is 11.4 Å². The summed E-state index contributed by atoms with van der Waals surface area (Å²) in [5.41, 5.74) is 6.08. The lowest BCUT2D eigenvalue weighted by Gasteiger charge is -2.12. The monoisotopic (exact) mass is 436 g/mol. The third-order valence-corrected chi connectivity index (χ3v) is 4.72. The van der Waals surface area contributed by atoms with E-state index >= 15 is 0 Å². The molecule has 4 N–H and O–H groups in total. The third-order valence-electron chi connectivity index (χ3n) is 3.89. The van der Waals surface area contributed by atoms with Gasteiger partial charge in [0.15, 0.2) is 5.13 Å². The minimum absolute atomic E-state index is 0.0850. The highest BCUT2D eigenvalue weighted by Crippen LogP contribution is 2.24. The number of alkyl halides is 2. The molecule has 156 valence electrons. The Morgan fingerprint density at radius 3 is 2.43 bits per heavy atom. The third kappa shape index (κ3) is 5.06. The van der Waals surface area contributed by atoms with E-state index in [2.05, 4.69) is 20.4 Å². The van der Waals surface area contributed by atoms with Crippen molar-refractivity contribution in [2.45, 2.75) is 13.5 Å². The number of nitrogens with two attached hydrogens (primary N) is 1. The van der Waals surface area contributed by atoms with Crippen molar-refractivity contribution in [3.8, 4) is 5.75 Å². The fourth-order valence-corrected chi connectivity index (χ4v) is 3.06. The van der Waals surface area contributed by atoms with Gasteiger partial charge >= 0.3 is 6.61 Å². The van der Waals surface area contributed by atoms with Crippen LogP contribution in [0.2, 0.25) is 0 Å². The van der Waals surface area contributed by atoms with E-state index in [1.54, 1.807) is 6.92 Å². The quantitative estimate of drug-likeness (QED) is 0.535. The molecule has 3 rings (SSSR count). The smallest absolute Gasteiger partial charge is 0.387 e. The molecule has 1 aromatic heterocycles. The molecular formula is C19H15F3N4O3S. The van der Waals surface area contributed by atoms with Crippen LogP contribution < -0.4 is 21.1 Å². The molecule has 1 heterocycles. The predicted molar refractivity (Wildman–Crippen MR) is 107 cm³/mol. The molecule has 7 nitrogen and oxygen atoms in total. The highest BCUT2D eigenvalue weighted by molar-refractivity contribution is 7.17. The second-order valence-corrected chi connectivity index (χ2v) is 7.08. The van der Waals surface area contributed by atoms with Crippen molar-refractivity contribution in [3.05, 3.63) is 64.4 Å². The van der Waals surface area contributed by atoms with Gasteiger partial charge in [-0.05, 0) is 48.9 Å². The van der Waals surface area contributed by atoms with Crippen LogP contribution in [0.25, 0.3) is 0 Å². The number of aromatic nitrogens is 1. The number of amides is 2. The molecule has 2 aromatic carbocycles. The van der Waals surface area contributed by atoms with Gasteiger partial charge in [0.25, 0.3) is 11.8 Å². The first kappa shape index (κ1) is 21.1. The summed E-state index contributed by atoms with van der Waals surface area (Å²) in [4.78, 5) is 28.8. The number of hydrogen-bond donors (Lipinski definition) is 3. The number of thiazole rings is 1. The first-order valence-electron chi connectivity index (χ1n) is 8.42. The summed E-state index contributed by atoms with van der Waals surface area (Å²) in [7, 11) is 0. The summed E-state index contributed by atoms with van der Waals surface area (Å²) in [5, 5.41) is 5.27. The van der Waals surface area contributed by atoms with Gasteiger partial charge in [-0.3, -0.25) is 9.59 Å². The van der Waals surface area contributed by atoms with E-state index in [1.807, 2.05) is 0 Å². The van der Waals surface area contributed by atoms with E-state index in [9.17, 15) is 22.8 Å². The Morgan fingerprint density at radius 2 is 1.83 bits per heavy atom. The van der Waals surface area contributed by atoms with Gasteiger partial charge in [0.2, 0.25) is 0 Å². The molecule has 30 heavy (non-hydrogen) atoms. The Labute approximate surface area is 172 Å². The summed E-state index contributed by atoms with van der Waals surface area (Å²) in [5.74, 6) is -2.16. The lowest BCUT2D eigenvalue weighted by molar-refractivity contribution is -0.0498. The number of aryl methyl sites for hydroxylation is 1. The second-order valence-electron chi connectivity index (χ2n) is 6.02. The molecule has 0 bridgehead atoms. The van der Waals surface area contributed by atoms with Gasteiger partial charge in [-0.2, -0.15) is 8.78 Å². The number of hydrogen-bond acceptors (Lipinski definition) is 6. The second kappa shape index (κ2) is 8.82. The first-order chi connectivity index (χ1) is 14.2. The summed E-state index contributed by atoms with van der Waals surface area (Å²) in [6.45, 7) is -1.40. The average molecular weight is 436 g/mol. The number of nitrogens with zero attached hydrogens (tertiary/aromatic N) is 1. The van der Waals surface area contributed by atoms with Gasteiger partial charge in [-0.15, -0.1) is 0 Å². The Bertz CT molecular complexity index is 1090. The van der Waals surface area contributed by atoms with E-state index in [0.717, 1.165) is 17.4 Å². The first-order valence-corrected chi connectivity index (χ1v) is 9.23. The molecule has 0 aliphatic rings. The van der Waals surface area contributed by atoms with Crippen LogP contribution in [-0.4, -0.2) is 23.4 Å². The number of benzene rings is 2. The maximum absolute atomic E-state index is 14.4. The van der Waals surface area contributed by atoms with Crippen molar-refractivity contribution >= 4 is 39.7 Å². The molecular weight excluding hydrogens is 421 g/mol. The Balaban J connectivity index is 1.77. The maximum atomic E-state index is 14.4. The van der Waals surface area contributed by atoms with E-state index in [4.69, 9.17) is 5.73 Å². The van der Waals surface area contributed by atoms with E-state index in [0.29, 0.717) is 5.56 Å². The zero-order chi connectivity index (χ0) is 21.8. The number of ether oxygens (including phenoxy) is 1. The summed E-state index contributed by atoms with van der Waals surface area (Å²) >= 11 is 0.985. The average Bonchev–Trinajstić information content (AvgIpc) is 3.11. The largest absolute Gasteiger partial charge is 0.435 e. The van der Waals surface area contributed by atoms with Crippen LogP contribution in [0.15, 0.2) is 42.6 Å². The van der Waals surface area contributed by atoms with Gasteiger partial charge in [-0.1, -0.05) is 11.3 Å². The van der Waals surface area contributed by atoms with Crippen molar-refractivity contribution in [2.75, 3.05) is 16.4 Å². The van der Waals surface area contributed by atoms with E-state index in [-0.39, 0.29) is 32.7 Å². The number of carbonyl (C=O) groups excluding carboxylic acids is 2. The SMILES string of the molecule is Cc1cc(F)c(C(=O)Nc2ccc(OC(F)F)cc2)cc1NC(=O)c1cnc(N)s1. The van der Waals surface area contributed by atoms with Crippen LogP contribution in [0, 0.1) is 12.7 Å². The van der Waals surface area contributed by atoms with Crippen LogP contribution in [-0.2, 0) is 0 Å². The molecule has 0 atom stereocenters. The van der Waals surface area contributed by atoms with Crippen LogP contribution in [0.4, 0.5) is 29.7 Å². The van der Waals surface area contributed by atoms with Crippen LogP contribution >= 0.6 is 11.3 Å². The number of halogens is 3. The lowest BCUT2D eigenvalue weighted by Crippen LogP contribution is -2.16. The molecule has 0 aliphatic carbocycles.